The quantitative estimate of drug-likeness (QED) is 0.902. The molecule has 0 aromatic carbocycles. The van der Waals surface area contributed by atoms with E-state index in [0.29, 0.717) is 11.2 Å². The molecule has 1 aliphatic rings. The Morgan fingerprint density at radius 1 is 1.44 bits per heavy atom. The largest absolute Gasteiger partial charge is 0.330 e. The molecule has 2 unspecified atom stereocenters. The molecule has 2 nitrogen and oxygen atoms in total. The van der Waals surface area contributed by atoms with E-state index < -0.39 is 0 Å². The van der Waals surface area contributed by atoms with Crippen LogP contribution in [-0.2, 0) is 0 Å². The fraction of sp³-hybridized carbons (Fsp3) is 0.583. The van der Waals surface area contributed by atoms with Crippen molar-refractivity contribution in [1.82, 2.24) is 4.98 Å². The van der Waals surface area contributed by atoms with Crippen LogP contribution in [0, 0.1) is 5.92 Å². The van der Waals surface area contributed by atoms with E-state index in [-0.39, 0.29) is 0 Å². The van der Waals surface area contributed by atoms with E-state index >= 15 is 0 Å². The molecular formula is C12H17ClN2S. The van der Waals surface area contributed by atoms with Crippen LogP contribution in [0.25, 0.3) is 0 Å². The summed E-state index contributed by atoms with van der Waals surface area (Å²) >= 11 is 7.92. The van der Waals surface area contributed by atoms with Crippen molar-refractivity contribution in [2.75, 3.05) is 6.54 Å². The Labute approximate surface area is 106 Å². The maximum Gasteiger partial charge on any atom is 0.115 e. The van der Waals surface area contributed by atoms with Crippen molar-refractivity contribution in [1.29, 1.82) is 0 Å². The molecular weight excluding hydrogens is 240 g/mol. The fourth-order valence-electron chi connectivity index (χ4n) is 2.20. The van der Waals surface area contributed by atoms with Crippen LogP contribution in [0.5, 0.6) is 0 Å². The van der Waals surface area contributed by atoms with Gasteiger partial charge < -0.3 is 5.73 Å². The normalized spacial score (nSPS) is 25.6. The third-order valence-corrected chi connectivity index (χ3v) is 5.02. The SMILES string of the molecule is NCC1CCCCC1Sc1ncccc1Cl. The molecule has 1 fully saturated rings. The number of hydrogen-bond donors (Lipinski definition) is 1. The summed E-state index contributed by atoms with van der Waals surface area (Å²) in [5, 5.41) is 2.30. The molecule has 0 amide bonds. The van der Waals surface area contributed by atoms with Gasteiger partial charge in [-0.2, -0.15) is 0 Å². The maximum atomic E-state index is 6.12. The number of halogens is 1. The Balaban J connectivity index is 2.05. The molecule has 16 heavy (non-hydrogen) atoms. The lowest BCUT2D eigenvalue weighted by molar-refractivity contribution is 0.378. The number of nitrogens with zero attached hydrogens (tertiary/aromatic N) is 1. The van der Waals surface area contributed by atoms with Crippen molar-refractivity contribution in [2.24, 2.45) is 11.7 Å². The van der Waals surface area contributed by atoms with E-state index in [2.05, 4.69) is 4.98 Å². The van der Waals surface area contributed by atoms with Gasteiger partial charge in [0.25, 0.3) is 0 Å². The summed E-state index contributed by atoms with van der Waals surface area (Å²) in [6, 6.07) is 3.77. The number of pyridine rings is 1. The molecule has 0 aliphatic heterocycles. The molecule has 1 aromatic heterocycles. The summed E-state index contributed by atoms with van der Waals surface area (Å²) in [5.74, 6) is 0.622. The minimum absolute atomic E-state index is 0.589. The molecule has 2 atom stereocenters. The van der Waals surface area contributed by atoms with Crippen molar-refractivity contribution >= 4 is 23.4 Å². The summed E-state index contributed by atoms with van der Waals surface area (Å²) in [6.07, 6.45) is 6.90. The Kier molecular flexibility index (Phi) is 4.50. The molecule has 1 heterocycles. The average molecular weight is 257 g/mol. The number of aromatic nitrogens is 1. The van der Waals surface area contributed by atoms with Gasteiger partial charge in [-0.05, 0) is 37.4 Å². The molecule has 0 spiro atoms. The monoisotopic (exact) mass is 256 g/mol. The van der Waals surface area contributed by atoms with Gasteiger partial charge in [0.1, 0.15) is 5.03 Å². The third kappa shape index (κ3) is 2.90. The van der Waals surface area contributed by atoms with Crippen LogP contribution in [0.2, 0.25) is 5.02 Å². The van der Waals surface area contributed by atoms with Crippen molar-refractivity contribution in [3.8, 4) is 0 Å². The van der Waals surface area contributed by atoms with Crippen molar-refractivity contribution in [3.05, 3.63) is 23.4 Å². The van der Waals surface area contributed by atoms with Crippen LogP contribution in [0.15, 0.2) is 23.4 Å². The first kappa shape index (κ1) is 12.2. The predicted molar refractivity (Wildman–Crippen MR) is 69.9 cm³/mol. The predicted octanol–water partition coefficient (Wildman–Crippen LogP) is 3.34. The topological polar surface area (TPSA) is 38.9 Å². The third-order valence-electron chi connectivity index (χ3n) is 3.13. The molecule has 1 saturated carbocycles. The lowest BCUT2D eigenvalue weighted by atomic mass is 9.89. The van der Waals surface area contributed by atoms with E-state index in [1.807, 2.05) is 12.1 Å². The highest BCUT2D eigenvalue weighted by Gasteiger charge is 2.25. The second kappa shape index (κ2) is 5.89. The van der Waals surface area contributed by atoms with Gasteiger partial charge in [0.05, 0.1) is 5.02 Å². The van der Waals surface area contributed by atoms with Gasteiger partial charge >= 0.3 is 0 Å². The zero-order chi connectivity index (χ0) is 11.4. The van der Waals surface area contributed by atoms with Gasteiger partial charge in [0.15, 0.2) is 0 Å². The molecule has 88 valence electrons. The van der Waals surface area contributed by atoms with Crippen LogP contribution in [-0.4, -0.2) is 16.8 Å². The molecule has 0 saturated heterocycles. The summed E-state index contributed by atoms with van der Waals surface area (Å²) in [5.41, 5.74) is 5.82. The first-order valence-electron chi connectivity index (χ1n) is 5.78. The van der Waals surface area contributed by atoms with Crippen molar-refractivity contribution in [2.45, 2.75) is 36.0 Å². The summed E-state index contributed by atoms with van der Waals surface area (Å²) in [4.78, 5) is 4.33. The van der Waals surface area contributed by atoms with Gasteiger partial charge in [0.2, 0.25) is 0 Å². The number of hydrogen-bond acceptors (Lipinski definition) is 3. The minimum atomic E-state index is 0.589. The van der Waals surface area contributed by atoms with Gasteiger partial charge in [-0.15, -0.1) is 11.8 Å². The molecule has 0 bridgehead atoms. The van der Waals surface area contributed by atoms with Crippen LogP contribution >= 0.6 is 23.4 Å². The second-order valence-corrected chi connectivity index (χ2v) is 5.86. The van der Waals surface area contributed by atoms with E-state index in [4.69, 9.17) is 17.3 Å². The number of nitrogens with two attached hydrogens (primary N) is 1. The van der Waals surface area contributed by atoms with E-state index in [1.165, 1.54) is 25.7 Å². The maximum absolute atomic E-state index is 6.12. The number of rotatable bonds is 3. The lowest BCUT2D eigenvalue weighted by Gasteiger charge is -2.29. The summed E-state index contributed by atoms with van der Waals surface area (Å²) in [6.45, 7) is 0.780. The second-order valence-electron chi connectivity index (χ2n) is 4.23. The molecule has 1 aliphatic carbocycles. The highest BCUT2D eigenvalue weighted by atomic mass is 35.5. The standard InChI is InChI=1S/C12H17ClN2S/c13-10-5-3-7-15-12(10)16-11-6-2-1-4-9(11)8-14/h3,5,7,9,11H,1-2,4,6,8,14H2. The van der Waals surface area contributed by atoms with E-state index in [9.17, 15) is 0 Å². The summed E-state index contributed by atoms with van der Waals surface area (Å²) in [7, 11) is 0. The lowest BCUT2D eigenvalue weighted by Crippen LogP contribution is -2.28. The first-order valence-corrected chi connectivity index (χ1v) is 7.04. The van der Waals surface area contributed by atoms with Gasteiger partial charge in [-0.25, -0.2) is 4.98 Å². The van der Waals surface area contributed by atoms with Gasteiger partial charge in [-0.1, -0.05) is 24.4 Å². The van der Waals surface area contributed by atoms with Crippen LogP contribution in [0.1, 0.15) is 25.7 Å². The molecule has 2 N–H and O–H groups in total. The average Bonchev–Trinajstić information content (AvgIpc) is 2.33. The van der Waals surface area contributed by atoms with Crippen molar-refractivity contribution in [3.63, 3.8) is 0 Å². The van der Waals surface area contributed by atoms with Gasteiger partial charge in [0, 0.05) is 11.4 Å². The first-order chi connectivity index (χ1) is 7.81. The molecule has 2 rings (SSSR count). The van der Waals surface area contributed by atoms with E-state index in [1.54, 1.807) is 18.0 Å². The highest BCUT2D eigenvalue weighted by Crippen LogP contribution is 2.38. The fourth-order valence-corrected chi connectivity index (χ4v) is 3.77. The van der Waals surface area contributed by atoms with E-state index in [0.717, 1.165) is 16.6 Å². The van der Waals surface area contributed by atoms with Crippen molar-refractivity contribution < 1.29 is 0 Å². The number of thioether (sulfide) groups is 1. The molecule has 0 radical (unpaired) electrons. The summed E-state index contributed by atoms with van der Waals surface area (Å²) < 4.78 is 0. The smallest absolute Gasteiger partial charge is 0.115 e. The van der Waals surface area contributed by atoms with Crippen LogP contribution < -0.4 is 5.73 Å². The Morgan fingerprint density at radius 3 is 3.00 bits per heavy atom. The molecule has 1 aromatic rings. The molecule has 4 heteroatoms. The van der Waals surface area contributed by atoms with Gasteiger partial charge in [-0.3, -0.25) is 0 Å². The van der Waals surface area contributed by atoms with Crippen LogP contribution in [0.4, 0.5) is 0 Å². The minimum Gasteiger partial charge on any atom is -0.330 e. The zero-order valence-corrected chi connectivity index (χ0v) is 10.8. The Hall–Kier alpha value is -0.250. The Bertz CT molecular complexity index is 346. The zero-order valence-electron chi connectivity index (χ0n) is 9.23. The Morgan fingerprint density at radius 2 is 2.25 bits per heavy atom. The van der Waals surface area contributed by atoms with Crippen LogP contribution in [0.3, 0.4) is 0 Å². The highest BCUT2D eigenvalue weighted by molar-refractivity contribution is 8.00.